The number of hydrogen-bond acceptors (Lipinski definition) is 3. The lowest BCUT2D eigenvalue weighted by atomic mass is 9.77. The van der Waals surface area contributed by atoms with Crippen LogP contribution in [0.25, 0.3) is 11.1 Å². The molecule has 2 N–H and O–H groups in total. The Kier molecular flexibility index (Phi) is 2.27. The van der Waals surface area contributed by atoms with E-state index in [0.717, 1.165) is 11.9 Å². The highest BCUT2D eigenvalue weighted by Gasteiger charge is 2.27. The molecule has 0 amide bonds. The van der Waals surface area contributed by atoms with Crippen LogP contribution in [0, 0.1) is 0 Å². The van der Waals surface area contributed by atoms with Gasteiger partial charge in [-0.15, -0.1) is 0 Å². The van der Waals surface area contributed by atoms with E-state index < -0.39 is 0 Å². The average molecular weight is 266 g/mol. The van der Waals surface area contributed by atoms with E-state index in [1.165, 1.54) is 11.1 Å². The number of fused-ring (bicyclic) bond motifs is 2. The maximum Gasteiger partial charge on any atom is 0.419 e. The molecule has 1 aromatic heterocycles. The third-order valence-corrected chi connectivity index (χ3v) is 4.06. The minimum atomic E-state index is -0.310. The van der Waals surface area contributed by atoms with E-state index in [9.17, 15) is 4.79 Å². The molecule has 4 rings (SSSR count). The van der Waals surface area contributed by atoms with Gasteiger partial charge in [-0.05, 0) is 29.7 Å². The summed E-state index contributed by atoms with van der Waals surface area (Å²) in [5.41, 5.74) is 10.4. The third kappa shape index (κ3) is 1.58. The summed E-state index contributed by atoms with van der Waals surface area (Å²) in [5.74, 6) is 0.0808. The van der Waals surface area contributed by atoms with Crippen LogP contribution in [0.3, 0.4) is 0 Å². The van der Waals surface area contributed by atoms with Gasteiger partial charge < -0.3 is 10.2 Å². The summed E-state index contributed by atoms with van der Waals surface area (Å²) >= 11 is 0. The maximum absolute atomic E-state index is 12.0. The van der Waals surface area contributed by atoms with Crippen LogP contribution >= 0.6 is 0 Å². The number of benzene rings is 2. The molecule has 0 aliphatic heterocycles. The molecule has 0 bridgehead atoms. The van der Waals surface area contributed by atoms with Crippen molar-refractivity contribution in [1.82, 2.24) is 4.57 Å². The van der Waals surface area contributed by atoms with Gasteiger partial charge in [-0.3, -0.25) is 4.57 Å². The molecule has 1 unspecified atom stereocenters. The minimum Gasteiger partial charge on any atom is -0.408 e. The molecule has 1 heterocycles. The molecule has 2 aromatic carbocycles. The monoisotopic (exact) mass is 266 g/mol. The molecular formula is C16H14N2O2. The van der Waals surface area contributed by atoms with Crippen molar-refractivity contribution in [2.75, 3.05) is 5.73 Å². The Morgan fingerprint density at radius 2 is 2.10 bits per heavy atom. The van der Waals surface area contributed by atoms with Crippen molar-refractivity contribution in [2.24, 2.45) is 0 Å². The maximum atomic E-state index is 12.0. The molecule has 1 atom stereocenters. The number of anilines is 1. The van der Waals surface area contributed by atoms with E-state index in [4.69, 9.17) is 10.2 Å². The number of nitrogen functional groups attached to an aromatic ring is 1. The van der Waals surface area contributed by atoms with Crippen LogP contribution in [0.1, 0.15) is 17.0 Å². The topological polar surface area (TPSA) is 61.2 Å². The molecule has 0 fully saturated rings. The zero-order valence-corrected chi connectivity index (χ0v) is 10.9. The summed E-state index contributed by atoms with van der Waals surface area (Å²) in [5, 5.41) is 0. The van der Waals surface area contributed by atoms with E-state index in [0.29, 0.717) is 23.7 Å². The van der Waals surface area contributed by atoms with Gasteiger partial charge in [-0.2, -0.15) is 0 Å². The van der Waals surface area contributed by atoms with Crippen LogP contribution in [-0.4, -0.2) is 4.57 Å². The fourth-order valence-electron chi connectivity index (χ4n) is 3.00. The molecule has 1 aliphatic rings. The Morgan fingerprint density at radius 1 is 1.25 bits per heavy atom. The highest BCUT2D eigenvalue weighted by Crippen LogP contribution is 2.36. The Hall–Kier alpha value is -2.49. The Labute approximate surface area is 115 Å². The second kappa shape index (κ2) is 4.00. The molecule has 0 spiro atoms. The van der Waals surface area contributed by atoms with Gasteiger partial charge in [0.05, 0.1) is 5.52 Å². The second-order valence-corrected chi connectivity index (χ2v) is 5.31. The van der Waals surface area contributed by atoms with Crippen LogP contribution < -0.4 is 11.5 Å². The predicted octanol–water partition coefficient (Wildman–Crippen LogP) is 2.52. The van der Waals surface area contributed by atoms with Crippen LogP contribution in [0.2, 0.25) is 0 Å². The van der Waals surface area contributed by atoms with Crippen LogP contribution in [0.5, 0.6) is 0 Å². The smallest absolute Gasteiger partial charge is 0.408 e. The van der Waals surface area contributed by atoms with Crippen molar-refractivity contribution in [2.45, 2.75) is 18.9 Å². The molecule has 4 heteroatoms. The van der Waals surface area contributed by atoms with E-state index in [-0.39, 0.29) is 5.76 Å². The van der Waals surface area contributed by atoms with E-state index in [2.05, 4.69) is 18.2 Å². The predicted molar refractivity (Wildman–Crippen MR) is 77.8 cm³/mol. The Morgan fingerprint density at radius 3 is 2.95 bits per heavy atom. The van der Waals surface area contributed by atoms with Gasteiger partial charge in [0, 0.05) is 24.2 Å². The van der Waals surface area contributed by atoms with Gasteiger partial charge in [0.1, 0.15) is 0 Å². The zero-order valence-electron chi connectivity index (χ0n) is 10.9. The van der Waals surface area contributed by atoms with Crippen molar-refractivity contribution >= 4 is 16.8 Å². The van der Waals surface area contributed by atoms with Gasteiger partial charge in [0.25, 0.3) is 0 Å². The molecule has 1 aliphatic carbocycles. The normalized spacial score (nSPS) is 16.9. The fourth-order valence-corrected chi connectivity index (χ4v) is 3.00. The Balaban J connectivity index is 1.74. The molecule has 3 aromatic rings. The number of hydrogen-bond donors (Lipinski definition) is 1. The van der Waals surface area contributed by atoms with Crippen molar-refractivity contribution in [1.29, 1.82) is 0 Å². The van der Waals surface area contributed by atoms with Gasteiger partial charge in [-0.1, -0.05) is 24.3 Å². The van der Waals surface area contributed by atoms with E-state index in [1.807, 2.05) is 12.1 Å². The van der Waals surface area contributed by atoms with Crippen LogP contribution in [-0.2, 0) is 13.0 Å². The lowest BCUT2D eigenvalue weighted by molar-refractivity contribution is 0.455. The SMILES string of the molecule is Nc1ccc2c(c1)oc(=O)n2CC1Cc2ccccc21. The standard InChI is InChI=1S/C16H14N2O2/c17-12-5-6-14-15(8-12)20-16(19)18(14)9-11-7-10-3-1-2-4-13(10)11/h1-6,8,11H,7,9,17H2. The zero-order chi connectivity index (χ0) is 13.7. The van der Waals surface area contributed by atoms with Crippen LogP contribution in [0.15, 0.2) is 51.7 Å². The molecule has 20 heavy (non-hydrogen) atoms. The number of oxazole rings is 1. The van der Waals surface area contributed by atoms with Gasteiger partial charge in [-0.25, -0.2) is 4.79 Å². The number of nitrogens with zero attached hydrogens (tertiary/aromatic N) is 1. The number of rotatable bonds is 2. The fraction of sp³-hybridized carbons (Fsp3) is 0.188. The molecule has 0 saturated carbocycles. The molecular weight excluding hydrogens is 252 g/mol. The summed E-state index contributed by atoms with van der Waals surface area (Å²) < 4.78 is 6.97. The second-order valence-electron chi connectivity index (χ2n) is 5.31. The van der Waals surface area contributed by atoms with E-state index >= 15 is 0 Å². The quantitative estimate of drug-likeness (QED) is 0.725. The first kappa shape index (κ1) is 11.3. The summed E-state index contributed by atoms with van der Waals surface area (Å²) in [7, 11) is 0. The van der Waals surface area contributed by atoms with Crippen molar-refractivity contribution < 1.29 is 4.42 Å². The highest BCUT2D eigenvalue weighted by atomic mass is 16.4. The van der Waals surface area contributed by atoms with Crippen molar-refractivity contribution in [3.05, 3.63) is 64.1 Å². The largest absolute Gasteiger partial charge is 0.419 e. The van der Waals surface area contributed by atoms with Crippen LogP contribution in [0.4, 0.5) is 5.69 Å². The van der Waals surface area contributed by atoms with E-state index in [1.54, 1.807) is 16.7 Å². The van der Waals surface area contributed by atoms with Crippen molar-refractivity contribution in [3.63, 3.8) is 0 Å². The summed E-state index contributed by atoms with van der Waals surface area (Å²) in [6, 6.07) is 13.7. The number of aromatic nitrogens is 1. The van der Waals surface area contributed by atoms with Gasteiger partial charge in [0.15, 0.2) is 5.58 Å². The molecule has 4 nitrogen and oxygen atoms in total. The van der Waals surface area contributed by atoms with Crippen molar-refractivity contribution in [3.8, 4) is 0 Å². The number of nitrogens with two attached hydrogens (primary N) is 1. The molecule has 100 valence electrons. The molecule has 0 radical (unpaired) electrons. The Bertz CT molecular complexity index is 860. The van der Waals surface area contributed by atoms with Gasteiger partial charge >= 0.3 is 5.76 Å². The molecule has 0 saturated heterocycles. The average Bonchev–Trinajstić information content (AvgIpc) is 2.71. The summed E-state index contributed by atoms with van der Waals surface area (Å²) in [4.78, 5) is 12.0. The summed E-state index contributed by atoms with van der Waals surface area (Å²) in [6.07, 6.45) is 1.02. The lowest BCUT2D eigenvalue weighted by Crippen LogP contribution is -2.26. The minimum absolute atomic E-state index is 0.310. The first-order valence-electron chi connectivity index (χ1n) is 6.69. The lowest BCUT2D eigenvalue weighted by Gasteiger charge is -2.30. The third-order valence-electron chi connectivity index (χ3n) is 4.06. The van der Waals surface area contributed by atoms with Gasteiger partial charge in [0.2, 0.25) is 0 Å². The first-order valence-corrected chi connectivity index (χ1v) is 6.69. The first-order chi connectivity index (χ1) is 9.72. The highest BCUT2D eigenvalue weighted by molar-refractivity contribution is 5.76. The summed E-state index contributed by atoms with van der Waals surface area (Å²) in [6.45, 7) is 0.659.